The maximum absolute atomic E-state index is 13.2. The molecule has 0 atom stereocenters. The Morgan fingerprint density at radius 1 is 0.309 bits per heavy atom. The Morgan fingerprint density at radius 2 is 0.631 bits per heavy atom. The molecule has 0 saturated heterocycles. The standard InChI is InChI=1S/C34H22F6N2O2.C29H19Cl4N5O2S2.C22H13BrF6N2O2.C21H16Cl4N2O2S/c35-33(36,37)27-7-3-9-29(19-27)41-31(43)25-16-22(12-11-21-13-14-23-5-1-2-6-24(23)15-21)17-26(18-25)32(44)42-30-10-4-8-28(20-30)34(38,39)40;30-16-7-17(31)10-22(9-16)36-28(41)34-20-5-15(14-38-26(39)24-3-1-2-4-25(24)27(38)40)6-21(13-20)35-29(42)37-23-11-18(32)8-19(33)12-23;23-16-8-12(19(32)30-17-5-1-3-14(10-17)21(24,25)26)7-13(9-16)20(33)31-18-6-2-4-15(11-18)22(27,28)29;1-28-19-3-2-17(26-21(30)27-18-8-15(24)7-16(25)9-18)10-20(19)29-11-12-4-13(22)6-14(23)5-12/h1-20H,(H,41,43)(H,42,44);1-13H,14H2,(H2,34,36,41)(H2,35,37,42);1-11H,(H,30,32)(H,31,33);2-10H,11H2,1H3,(H2,26,27,30)/b12-11+;;;. The molecule has 0 fully saturated rings. The summed E-state index contributed by atoms with van der Waals surface area (Å²) in [5.41, 5.74) is 2.63. The van der Waals surface area contributed by atoms with E-state index in [-0.39, 0.29) is 80.2 Å². The Balaban J connectivity index is 0.000000168. The Hall–Kier alpha value is -14.1. The van der Waals surface area contributed by atoms with E-state index in [4.69, 9.17) is 139 Å². The van der Waals surface area contributed by atoms with Crippen molar-refractivity contribution in [1.29, 1.82) is 0 Å². The molecule has 0 radical (unpaired) electrons. The van der Waals surface area contributed by atoms with Gasteiger partial charge in [0.2, 0.25) is 0 Å². The second-order valence-corrected chi connectivity index (χ2v) is 37.6. The number of carbonyl (C=O) groups excluding carboxylic acids is 6. The van der Waals surface area contributed by atoms with Crippen molar-refractivity contribution in [3.8, 4) is 11.5 Å². The quantitative estimate of drug-likeness (QED) is 0.0131. The predicted octanol–water partition coefficient (Wildman–Crippen LogP) is 33.0. The lowest BCUT2D eigenvalue weighted by Crippen LogP contribution is -2.29. The van der Waals surface area contributed by atoms with Crippen LogP contribution < -0.4 is 62.6 Å². The van der Waals surface area contributed by atoms with Crippen molar-refractivity contribution < 1.29 is 90.9 Å². The van der Waals surface area contributed by atoms with E-state index in [1.807, 2.05) is 48.5 Å². The number of rotatable bonds is 22. The molecule has 1 aliphatic rings. The minimum absolute atomic E-state index is 0.0186. The molecule has 15 aromatic rings. The average molecular weight is 2310 g/mol. The lowest BCUT2D eigenvalue weighted by atomic mass is 10.0. The van der Waals surface area contributed by atoms with E-state index >= 15 is 0 Å². The molecule has 149 heavy (non-hydrogen) atoms. The summed E-state index contributed by atoms with van der Waals surface area (Å²) in [6, 6.07) is 75.3. The molecule has 0 spiro atoms. The van der Waals surface area contributed by atoms with Crippen molar-refractivity contribution in [1.82, 2.24) is 4.90 Å². The fourth-order valence-corrected chi connectivity index (χ4v) is 17.6. The first-order valence-electron chi connectivity index (χ1n) is 43.1. The van der Waals surface area contributed by atoms with Crippen LogP contribution in [0.2, 0.25) is 40.2 Å². The zero-order chi connectivity index (χ0) is 108. The third kappa shape index (κ3) is 33.0. The van der Waals surface area contributed by atoms with Crippen molar-refractivity contribution in [2.24, 2.45) is 0 Å². The Labute approximate surface area is 906 Å². The van der Waals surface area contributed by atoms with E-state index in [1.165, 1.54) is 59.5 Å². The zero-order valence-electron chi connectivity index (χ0n) is 75.9. The number of nitrogens with zero attached hydrogens (tertiary/aromatic N) is 1. The summed E-state index contributed by atoms with van der Waals surface area (Å²) in [4.78, 5) is 78.7. The molecule has 16 rings (SSSR count). The second-order valence-electron chi connectivity index (χ2n) is 31.9. The number of amides is 6. The molecule has 15 aromatic carbocycles. The van der Waals surface area contributed by atoms with Crippen molar-refractivity contribution in [3.05, 3.63) is 432 Å². The largest absolute Gasteiger partial charge is 0.493 e. The number of fused-ring (bicyclic) bond motifs is 2. The number of carbonyl (C=O) groups is 6. The highest BCUT2D eigenvalue weighted by Crippen LogP contribution is 2.40. The molecule has 1 aliphatic heterocycles. The monoisotopic (exact) mass is 2310 g/mol. The molecule has 6 amide bonds. The molecule has 762 valence electrons. The number of thiocarbonyl (C=S) groups is 3. The number of ether oxygens (including phenoxy) is 2. The number of imide groups is 1. The van der Waals surface area contributed by atoms with Gasteiger partial charge in [0.15, 0.2) is 26.8 Å². The van der Waals surface area contributed by atoms with Crippen LogP contribution in [0.4, 0.5) is 110 Å². The van der Waals surface area contributed by atoms with Crippen molar-refractivity contribution in [3.63, 3.8) is 0 Å². The van der Waals surface area contributed by atoms with E-state index in [1.54, 1.807) is 147 Å². The highest BCUT2D eigenvalue weighted by molar-refractivity contribution is 9.10. The molecule has 0 unspecified atom stereocenters. The van der Waals surface area contributed by atoms with Gasteiger partial charge in [-0.1, -0.05) is 194 Å². The first kappa shape index (κ1) is 112. The van der Waals surface area contributed by atoms with Gasteiger partial charge in [-0.3, -0.25) is 33.7 Å². The fourth-order valence-electron chi connectivity index (χ4n) is 14.2. The van der Waals surface area contributed by atoms with Gasteiger partial charge in [0.1, 0.15) is 6.61 Å². The molecule has 10 N–H and O–H groups in total. The summed E-state index contributed by atoms with van der Waals surface area (Å²) < 4.78 is 168. The van der Waals surface area contributed by atoms with Crippen LogP contribution in [0.5, 0.6) is 11.5 Å². The molecule has 0 bridgehead atoms. The van der Waals surface area contributed by atoms with Crippen molar-refractivity contribution in [2.45, 2.75) is 37.9 Å². The van der Waals surface area contributed by atoms with Gasteiger partial charge in [-0.2, -0.15) is 52.7 Å². The number of hydrogen-bond acceptors (Lipinski definition) is 11. The second kappa shape index (κ2) is 49.8. The van der Waals surface area contributed by atoms with Gasteiger partial charge in [-0.25, -0.2) is 0 Å². The maximum Gasteiger partial charge on any atom is 0.416 e. The summed E-state index contributed by atoms with van der Waals surface area (Å²) >= 11 is 68.1. The predicted molar refractivity (Wildman–Crippen MR) is 581 cm³/mol. The number of hydrogen-bond donors (Lipinski definition) is 10. The lowest BCUT2D eigenvalue weighted by Gasteiger charge is -2.18. The van der Waals surface area contributed by atoms with Crippen LogP contribution in [0.25, 0.3) is 22.9 Å². The van der Waals surface area contributed by atoms with Gasteiger partial charge in [-0.15, -0.1) is 0 Å². The number of alkyl halides is 12. The highest BCUT2D eigenvalue weighted by Gasteiger charge is 2.37. The smallest absolute Gasteiger partial charge is 0.416 e. The van der Waals surface area contributed by atoms with Crippen LogP contribution in [0.3, 0.4) is 0 Å². The molecule has 0 saturated carbocycles. The third-order valence-electron chi connectivity index (χ3n) is 20.8. The maximum atomic E-state index is 13.2. The normalized spacial score (nSPS) is 11.7. The number of benzene rings is 15. The summed E-state index contributed by atoms with van der Waals surface area (Å²) in [6.45, 7) is 0.286. The number of nitrogens with one attached hydrogen (secondary N) is 10. The minimum atomic E-state index is -4.62. The molecule has 0 aliphatic carbocycles. The zero-order valence-corrected chi connectivity index (χ0v) is 86.0. The van der Waals surface area contributed by atoms with Crippen LogP contribution >= 0.6 is 145 Å². The van der Waals surface area contributed by atoms with E-state index < -0.39 is 70.6 Å². The summed E-state index contributed by atoms with van der Waals surface area (Å²) in [6.07, 6.45) is -15.0. The van der Waals surface area contributed by atoms with Crippen molar-refractivity contribution >= 4 is 276 Å². The SMILES string of the molecule is COc1ccc(NC(=S)Nc2cc(Cl)cc(Cl)c2)cc1OCc1cc(Cl)cc(Cl)c1.O=C(Nc1cccc(C(F)(F)F)c1)c1cc(/C=C/c2ccc3ccccc3c2)cc(C(=O)Nc2cccc(C(F)(F)F)c2)c1.O=C(Nc1cccc(C(F)(F)F)c1)c1cc(Br)cc(C(=O)Nc2cccc(C(F)(F)F)c2)c1.O=C1c2ccccc2C(=O)N1Cc1cc(NC(=S)Nc2cc(Cl)cc(Cl)c2)cc(NC(=S)Nc2cc(Cl)cc(Cl)c2)c1. The fraction of sp³-hybridized carbons (Fsp3) is 0.0660. The average Bonchev–Trinajstić information content (AvgIpc) is 1.60. The van der Waals surface area contributed by atoms with Crippen LogP contribution in [0.1, 0.15) is 107 Å². The van der Waals surface area contributed by atoms with Crippen LogP contribution in [-0.4, -0.2) is 62.8 Å². The molecular formula is C106H70BrCl8F12N11O8S3. The van der Waals surface area contributed by atoms with Gasteiger partial charge in [0, 0.05) is 130 Å². The Kier molecular flexibility index (Phi) is 37.5. The number of anilines is 10. The first-order chi connectivity index (χ1) is 70.5. The van der Waals surface area contributed by atoms with E-state index in [0.29, 0.717) is 118 Å². The van der Waals surface area contributed by atoms with Gasteiger partial charge >= 0.3 is 24.7 Å². The number of halogens is 21. The third-order valence-corrected chi connectivity index (χ3v) is 23.6. The summed E-state index contributed by atoms with van der Waals surface area (Å²) in [5, 5.41) is 34.7. The van der Waals surface area contributed by atoms with E-state index in [2.05, 4.69) is 69.1 Å². The molecule has 1 heterocycles. The Bertz CT molecular complexity index is 7350. The highest BCUT2D eigenvalue weighted by atomic mass is 79.9. The van der Waals surface area contributed by atoms with Crippen molar-refractivity contribution in [2.75, 3.05) is 60.3 Å². The lowest BCUT2D eigenvalue weighted by molar-refractivity contribution is -0.138. The summed E-state index contributed by atoms with van der Waals surface area (Å²) in [5.74, 6) is -2.78. The summed E-state index contributed by atoms with van der Waals surface area (Å²) in [7, 11) is 1.57. The van der Waals surface area contributed by atoms with Crippen LogP contribution in [-0.2, 0) is 37.9 Å². The van der Waals surface area contributed by atoms with Crippen LogP contribution in [0.15, 0.2) is 314 Å². The molecule has 19 nitrogen and oxygen atoms in total. The van der Waals surface area contributed by atoms with E-state index in [0.717, 1.165) is 101 Å². The molecular weight excluding hydrogens is 2240 g/mol. The van der Waals surface area contributed by atoms with Crippen LogP contribution in [0, 0.1) is 0 Å². The molecule has 0 aromatic heterocycles. The first-order valence-corrected chi connectivity index (χ1v) is 48.1. The van der Waals surface area contributed by atoms with Gasteiger partial charge in [0.05, 0.1) is 47.0 Å². The van der Waals surface area contributed by atoms with Gasteiger partial charge in [-0.05, 0) is 300 Å². The minimum Gasteiger partial charge on any atom is -0.493 e. The number of methoxy groups -OCH3 is 1. The van der Waals surface area contributed by atoms with E-state index in [9.17, 15) is 81.5 Å². The topological polar surface area (TPSA) is 244 Å². The Morgan fingerprint density at radius 3 is 0.993 bits per heavy atom. The van der Waals surface area contributed by atoms with Gasteiger partial charge < -0.3 is 62.6 Å². The van der Waals surface area contributed by atoms with Gasteiger partial charge in [0.25, 0.3) is 35.4 Å². The molecule has 43 heteroatoms.